The van der Waals surface area contributed by atoms with Gasteiger partial charge in [-0.05, 0) is 12.5 Å². The smallest absolute Gasteiger partial charge is 0.258 e. The molecular formula is C19H24N4O4. The molecule has 1 aliphatic heterocycles. The third-order valence-electron chi connectivity index (χ3n) is 4.43. The zero-order valence-corrected chi connectivity index (χ0v) is 15.5. The zero-order valence-electron chi connectivity index (χ0n) is 15.5. The Morgan fingerprint density at radius 2 is 2.19 bits per heavy atom. The highest BCUT2D eigenvalue weighted by Gasteiger charge is 2.24. The summed E-state index contributed by atoms with van der Waals surface area (Å²) < 4.78 is 12.9. The molecule has 8 nitrogen and oxygen atoms in total. The molecule has 27 heavy (non-hydrogen) atoms. The monoisotopic (exact) mass is 372 g/mol. The summed E-state index contributed by atoms with van der Waals surface area (Å²) in [5.74, 6) is 0.621. The van der Waals surface area contributed by atoms with Gasteiger partial charge in [0.1, 0.15) is 11.3 Å². The Labute approximate surface area is 157 Å². The lowest BCUT2D eigenvalue weighted by molar-refractivity contribution is -0.122. The van der Waals surface area contributed by atoms with E-state index in [1.54, 1.807) is 17.8 Å². The van der Waals surface area contributed by atoms with E-state index >= 15 is 0 Å². The van der Waals surface area contributed by atoms with E-state index in [2.05, 4.69) is 15.7 Å². The number of nitrogens with one attached hydrogen (secondary N) is 2. The lowest BCUT2D eigenvalue weighted by atomic mass is 10.0. The number of likely N-dealkylation sites (N-methyl/N-ethyl adjacent to an activating group) is 1. The van der Waals surface area contributed by atoms with Gasteiger partial charge >= 0.3 is 0 Å². The molecule has 2 N–H and O–H groups in total. The Hall–Kier alpha value is -3.03. The number of aromatic nitrogens is 2. The second-order valence-electron chi connectivity index (χ2n) is 6.22. The molecule has 0 fully saturated rings. The number of aryl methyl sites for hydroxylation is 1. The number of carbonyl (C=O) groups excluding carboxylic acids is 2. The lowest BCUT2D eigenvalue weighted by Crippen LogP contribution is -2.30. The van der Waals surface area contributed by atoms with Crippen LogP contribution >= 0.6 is 0 Å². The molecule has 2 aromatic rings. The number of amides is 2. The fraction of sp³-hybridized carbons (Fsp3) is 0.421. The summed E-state index contributed by atoms with van der Waals surface area (Å²) in [6.45, 7) is 3.22. The first-order valence-corrected chi connectivity index (χ1v) is 9.05. The van der Waals surface area contributed by atoms with Gasteiger partial charge in [0.15, 0.2) is 6.61 Å². The lowest BCUT2D eigenvalue weighted by Gasteiger charge is -2.21. The van der Waals surface area contributed by atoms with Crippen LogP contribution in [0.4, 0.5) is 0 Å². The van der Waals surface area contributed by atoms with Crippen LogP contribution in [0.15, 0.2) is 30.5 Å². The highest BCUT2D eigenvalue weighted by Crippen LogP contribution is 2.29. The van der Waals surface area contributed by atoms with Crippen LogP contribution < -0.4 is 20.1 Å². The molecule has 3 rings (SSSR count). The van der Waals surface area contributed by atoms with Crippen LogP contribution in [0, 0.1) is 0 Å². The molecule has 1 atom stereocenters. The molecule has 0 bridgehead atoms. The largest absolute Gasteiger partial charge is 0.483 e. The SMILES string of the molecule is CCC(NC(=O)c1cnn2c1OCCC2)c1ccccc1OCC(=O)NC. The average molecular weight is 372 g/mol. The minimum Gasteiger partial charge on any atom is -0.483 e. The molecule has 1 aromatic carbocycles. The summed E-state index contributed by atoms with van der Waals surface area (Å²) in [5.41, 5.74) is 1.25. The fourth-order valence-electron chi connectivity index (χ4n) is 2.98. The normalized spacial score (nSPS) is 13.9. The van der Waals surface area contributed by atoms with Gasteiger partial charge in [0, 0.05) is 25.6 Å². The number of nitrogens with zero attached hydrogens (tertiary/aromatic N) is 2. The Morgan fingerprint density at radius 1 is 1.37 bits per heavy atom. The first-order valence-electron chi connectivity index (χ1n) is 9.05. The number of ether oxygens (including phenoxy) is 2. The second kappa shape index (κ2) is 8.57. The summed E-state index contributed by atoms with van der Waals surface area (Å²) >= 11 is 0. The quantitative estimate of drug-likeness (QED) is 0.771. The van der Waals surface area contributed by atoms with Gasteiger partial charge in [-0.25, -0.2) is 4.68 Å². The van der Waals surface area contributed by atoms with Crippen molar-refractivity contribution in [1.82, 2.24) is 20.4 Å². The summed E-state index contributed by atoms with van der Waals surface area (Å²) in [5, 5.41) is 9.77. The van der Waals surface area contributed by atoms with Gasteiger partial charge < -0.3 is 20.1 Å². The molecule has 2 amide bonds. The van der Waals surface area contributed by atoms with Crippen molar-refractivity contribution in [3.05, 3.63) is 41.6 Å². The molecular weight excluding hydrogens is 348 g/mol. The van der Waals surface area contributed by atoms with Crippen LogP contribution in [0.25, 0.3) is 0 Å². The molecule has 144 valence electrons. The minimum atomic E-state index is -0.266. The molecule has 1 aromatic heterocycles. The predicted octanol–water partition coefficient (Wildman–Crippen LogP) is 1.67. The topological polar surface area (TPSA) is 94.5 Å². The maximum atomic E-state index is 12.8. The van der Waals surface area contributed by atoms with E-state index in [1.807, 2.05) is 25.1 Å². The molecule has 1 aliphatic rings. The second-order valence-corrected chi connectivity index (χ2v) is 6.22. The highest BCUT2D eigenvalue weighted by molar-refractivity contribution is 5.96. The molecule has 0 saturated carbocycles. The third kappa shape index (κ3) is 4.21. The van der Waals surface area contributed by atoms with Crippen molar-refractivity contribution in [1.29, 1.82) is 0 Å². The molecule has 1 unspecified atom stereocenters. The number of fused-ring (bicyclic) bond motifs is 1. The molecule has 8 heteroatoms. The molecule has 2 heterocycles. The van der Waals surface area contributed by atoms with Gasteiger partial charge in [-0.15, -0.1) is 0 Å². The zero-order chi connectivity index (χ0) is 19.2. The van der Waals surface area contributed by atoms with Crippen LogP contribution in [0.2, 0.25) is 0 Å². The van der Waals surface area contributed by atoms with Gasteiger partial charge in [-0.3, -0.25) is 9.59 Å². The Morgan fingerprint density at radius 3 is 2.96 bits per heavy atom. The van der Waals surface area contributed by atoms with E-state index in [-0.39, 0.29) is 24.5 Å². The van der Waals surface area contributed by atoms with Gasteiger partial charge in [0.05, 0.1) is 18.8 Å². The van der Waals surface area contributed by atoms with Gasteiger partial charge in [0.25, 0.3) is 11.8 Å². The van der Waals surface area contributed by atoms with Crippen molar-refractivity contribution in [2.45, 2.75) is 32.4 Å². The number of hydrogen-bond donors (Lipinski definition) is 2. The Balaban J connectivity index is 1.76. The maximum Gasteiger partial charge on any atom is 0.258 e. The summed E-state index contributed by atoms with van der Waals surface area (Å²) in [4.78, 5) is 24.3. The number of hydrogen-bond acceptors (Lipinski definition) is 5. The summed E-state index contributed by atoms with van der Waals surface area (Å²) in [6.07, 6.45) is 3.08. The number of carbonyl (C=O) groups is 2. The first kappa shape index (κ1) is 18.8. The van der Waals surface area contributed by atoms with Gasteiger partial charge in [-0.1, -0.05) is 25.1 Å². The Bertz CT molecular complexity index is 818. The van der Waals surface area contributed by atoms with Gasteiger partial charge in [-0.2, -0.15) is 5.10 Å². The number of para-hydroxylation sites is 1. The molecule has 0 aliphatic carbocycles. The summed E-state index contributed by atoms with van der Waals surface area (Å²) in [6, 6.07) is 7.12. The molecule has 0 saturated heterocycles. The minimum absolute atomic E-state index is 0.0807. The average Bonchev–Trinajstić information content (AvgIpc) is 3.14. The van der Waals surface area contributed by atoms with Crippen molar-refractivity contribution in [3.8, 4) is 11.6 Å². The van der Waals surface area contributed by atoms with Crippen molar-refractivity contribution in [2.75, 3.05) is 20.3 Å². The van der Waals surface area contributed by atoms with Crippen LogP contribution in [0.1, 0.15) is 41.7 Å². The standard InChI is InChI=1S/C19H24N4O4/c1-3-15(13-7-4-5-8-16(13)27-12-17(24)20-2)22-18(25)14-11-21-23-9-6-10-26-19(14)23/h4-5,7-8,11,15H,3,6,9-10,12H2,1-2H3,(H,20,24)(H,22,25). The van der Waals surface area contributed by atoms with Crippen LogP contribution in [-0.4, -0.2) is 41.9 Å². The predicted molar refractivity (Wildman–Crippen MR) is 98.8 cm³/mol. The first-order chi connectivity index (χ1) is 13.1. The highest BCUT2D eigenvalue weighted by atomic mass is 16.5. The van der Waals surface area contributed by atoms with Crippen LogP contribution in [0.3, 0.4) is 0 Å². The van der Waals surface area contributed by atoms with E-state index in [9.17, 15) is 9.59 Å². The van der Waals surface area contributed by atoms with E-state index < -0.39 is 0 Å². The molecule has 0 radical (unpaired) electrons. The molecule has 0 spiro atoms. The van der Waals surface area contributed by atoms with E-state index in [0.29, 0.717) is 30.2 Å². The van der Waals surface area contributed by atoms with E-state index in [0.717, 1.165) is 18.5 Å². The van der Waals surface area contributed by atoms with E-state index in [1.165, 1.54) is 6.20 Å². The Kier molecular flexibility index (Phi) is 5.95. The number of rotatable bonds is 7. The van der Waals surface area contributed by atoms with Crippen molar-refractivity contribution < 1.29 is 19.1 Å². The van der Waals surface area contributed by atoms with Crippen LogP contribution in [0.5, 0.6) is 11.6 Å². The van der Waals surface area contributed by atoms with Crippen molar-refractivity contribution in [2.24, 2.45) is 0 Å². The van der Waals surface area contributed by atoms with E-state index in [4.69, 9.17) is 9.47 Å². The van der Waals surface area contributed by atoms with Crippen molar-refractivity contribution in [3.63, 3.8) is 0 Å². The number of benzene rings is 1. The van der Waals surface area contributed by atoms with Crippen LogP contribution in [-0.2, 0) is 11.3 Å². The van der Waals surface area contributed by atoms with Crippen molar-refractivity contribution >= 4 is 11.8 Å². The maximum absolute atomic E-state index is 12.8. The van der Waals surface area contributed by atoms with Gasteiger partial charge in [0.2, 0.25) is 5.88 Å². The fourth-order valence-corrected chi connectivity index (χ4v) is 2.98. The summed E-state index contributed by atoms with van der Waals surface area (Å²) in [7, 11) is 1.56. The third-order valence-corrected chi connectivity index (χ3v) is 4.43.